The van der Waals surface area contributed by atoms with Crippen molar-refractivity contribution in [3.63, 3.8) is 0 Å². The monoisotopic (exact) mass is 227 g/mol. The summed E-state index contributed by atoms with van der Waals surface area (Å²) < 4.78 is 0. The highest BCUT2D eigenvalue weighted by Gasteiger charge is 2.29. The van der Waals surface area contributed by atoms with Crippen LogP contribution in [0.25, 0.3) is 0 Å². The Bertz CT molecular complexity index is 186. The molecular formula is C13H29N3. The fourth-order valence-corrected chi connectivity index (χ4v) is 2.51. The van der Waals surface area contributed by atoms with E-state index in [0.29, 0.717) is 5.54 Å². The minimum Gasteiger partial charge on any atom is -0.310 e. The van der Waals surface area contributed by atoms with Crippen LogP contribution >= 0.6 is 0 Å². The quantitative estimate of drug-likeness (QED) is 0.709. The zero-order valence-corrected chi connectivity index (χ0v) is 11.6. The van der Waals surface area contributed by atoms with Crippen molar-refractivity contribution in [2.75, 3.05) is 46.8 Å². The molecule has 1 heterocycles. The largest absolute Gasteiger partial charge is 0.310 e. The molecule has 0 spiro atoms. The lowest BCUT2D eigenvalue weighted by Crippen LogP contribution is -2.49. The van der Waals surface area contributed by atoms with Crippen LogP contribution in [0.2, 0.25) is 0 Å². The van der Waals surface area contributed by atoms with Gasteiger partial charge in [0.05, 0.1) is 0 Å². The lowest BCUT2D eigenvalue weighted by molar-refractivity contribution is 0.187. The molecule has 0 radical (unpaired) electrons. The van der Waals surface area contributed by atoms with Crippen molar-refractivity contribution in [2.45, 2.75) is 38.6 Å². The van der Waals surface area contributed by atoms with E-state index in [2.05, 4.69) is 43.1 Å². The Morgan fingerprint density at radius 1 is 1.19 bits per heavy atom. The van der Waals surface area contributed by atoms with Crippen LogP contribution in [0, 0.1) is 0 Å². The van der Waals surface area contributed by atoms with Gasteiger partial charge in [-0.15, -0.1) is 0 Å². The molecule has 1 atom stereocenters. The molecular weight excluding hydrogens is 198 g/mol. The summed E-state index contributed by atoms with van der Waals surface area (Å²) in [6.45, 7) is 10.6. The molecule has 0 aliphatic carbocycles. The maximum absolute atomic E-state index is 3.65. The third kappa shape index (κ3) is 4.81. The van der Waals surface area contributed by atoms with E-state index in [1.807, 2.05) is 0 Å². The number of hydrogen-bond acceptors (Lipinski definition) is 3. The molecule has 1 saturated heterocycles. The van der Waals surface area contributed by atoms with Gasteiger partial charge in [0.15, 0.2) is 0 Å². The second-order valence-corrected chi connectivity index (χ2v) is 5.67. The number of rotatable bonds is 7. The van der Waals surface area contributed by atoms with Crippen LogP contribution < -0.4 is 5.32 Å². The first-order valence-electron chi connectivity index (χ1n) is 6.68. The van der Waals surface area contributed by atoms with E-state index < -0.39 is 0 Å². The van der Waals surface area contributed by atoms with Gasteiger partial charge in [0.1, 0.15) is 0 Å². The standard InChI is InChI=1S/C13H29N3/c1-5-9-16(11-10-15(3)4)12-13(2)7-6-8-14-13/h14H,5-12H2,1-4H3. The summed E-state index contributed by atoms with van der Waals surface area (Å²) >= 11 is 0. The van der Waals surface area contributed by atoms with Crippen molar-refractivity contribution in [1.29, 1.82) is 0 Å². The van der Waals surface area contributed by atoms with E-state index in [4.69, 9.17) is 0 Å². The summed E-state index contributed by atoms with van der Waals surface area (Å²) in [6.07, 6.45) is 3.92. The van der Waals surface area contributed by atoms with E-state index in [-0.39, 0.29) is 0 Å². The topological polar surface area (TPSA) is 18.5 Å². The lowest BCUT2D eigenvalue weighted by Gasteiger charge is -2.33. The van der Waals surface area contributed by atoms with Crippen LogP contribution in [0.4, 0.5) is 0 Å². The minimum atomic E-state index is 0.363. The van der Waals surface area contributed by atoms with Gasteiger partial charge >= 0.3 is 0 Å². The van der Waals surface area contributed by atoms with Crippen LogP contribution in [-0.4, -0.2) is 62.2 Å². The molecule has 0 aromatic rings. The van der Waals surface area contributed by atoms with Crippen molar-refractivity contribution in [3.05, 3.63) is 0 Å². The first-order chi connectivity index (χ1) is 7.56. The van der Waals surface area contributed by atoms with Gasteiger partial charge < -0.3 is 15.1 Å². The first-order valence-corrected chi connectivity index (χ1v) is 6.68. The first kappa shape index (κ1) is 13.9. The van der Waals surface area contributed by atoms with Gasteiger partial charge in [0.25, 0.3) is 0 Å². The Labute approximate surface area is 101 Å². The fraction of sp³-hybridized carbons (Fsp3) is 1.00. The van der Waals surface area contributed by atoms with Gasteiger partial charge in [-0.1, -0.05) is 6.92 Å². The van der Waals surface area contributed by atoms with Gasteiger partial charge in [-0.3, -0.25) is 0 Å². The average Bonchev–Trinajstić information content (AvgIpc) is 2.62. The van der Waals surface area contributed by atoms with Gasteiger partial charge in [0, 0.05) is 25.2 Å². The zero-order chi connectivity index (χ0) is 12.0. The van der Waals surface area contributed by atoms with Crippen LogP contribution in [-0.2, 0) is 0 Å². The highest BCUT2D eigenvalue weighted by Crippen LogP contribution is 2.19. The Morgan fingerprint density at radius 3 is 2.44 bits per heavy atom. The van der Waals surface area contributed by atoms with Gasteiger partial charge in [-0.25, -0.2) is 0 Å². The summed E-state index contributed by atoms with van der Waals surface area (Å²) in [6, 6.07) is 0. The highest BCUT2D eigenvalue weighted by atomic mass is 15.2. The van der Waals surface area contributed by atoms with E-state index in [1.165, 1.54) is 45.4 Å². The Morgan fingerprint density at radius 2 is 1.94 bits per heavy atom. The van der Waals surface area contributed by atoms with Gasteiger partial charge in [-0.05, 0) is 53.4 Å². The second-order valence-electron chi connectivity index (χ2n) is 5.67. The summed E-state index contributed by atoms with van der Waals surface area (Å²) in [5.41, 5.74) is 0.363. The molecule has 0 aromatic carbocycles. The lowest BCUT2D eigenvalue weighted by atomic mass is 9.99. The molecule has 3 nitrogen and oxygen atoms in total. The predicted molar refractivity (Wildman–Crippen MR) is 70.9 cm³/mol. The molecule has 0 amide bonds. The number of hydrogen-bond donors (Lipinski definition) is 1. The fourth-order valence-electron chi connectivity index (χ4n) is 2.51. The highest BCUT2D eigenvalue weighted by molar-refractivity contribution is 4.91. The molecule has 16 heavy (non-hydrogen) atoms. The minimum absolute atomic E-state index is 0.363. The van der Waals surface area contributed by atoms with Crippen molar-refractivity contribution >= 4 is 0 Å². The molecule has 1 rings (SSSR count). The SMILES string of the molecule is CCCN(CCN(C)C)CC1(C)CCCN1. The van der Waals surface area contributed by atoms with Crippen molar-refractivity contribution in [1.82, 2.24) is 15.1 Å². The third-order valence-corrected chi connectivity index (χ3v) is 3.43. The van der Waals surface area contributed by atoms with E-state index in [1.54, 1.807) is 0 Å². The van der Waals surface area contributed by atoms with E-state index in [0.717, 1.165) is 6.54 Å². The molecule has 1 N–H and O–H groups in total. The van der Waals surface area contributed by atoms with Crippen LogP contribution in [0.15, 0.2) is 0 Å². The van der Waals surface area contributed by atoms with Gasteiger partial charge in [-0.2, -0.15) is 0 Å². The maximum atomic E-state index is 3.65. The number of nitrogens with zero attached hydrogens (tertiary/aromatic N) is 2. The summed E-state index contributed by atoms with van der Waals surface area (Å²) in [5.74, 6) is 0. The maximum Gasteiger partial charge on any atom is 0.0280 e. The molecule has 96 valence electrons. The number of likely N-dealkylation sites (N-methyl/N-ethyl adjacent to an activating group) is 1. The Balaban J connectivity index is 2.37. The third-order valence-electron chi connectivity index (χ3n) is 3.43. The molecule has 1 aliphatic heterocycles. The van der Waals surface area contributed by atoms with Crippen LogP contribution in [0.3, 0.4) is 0 Å². The van der Waals surface area contributed by atoms with Crippen molar-refractivity contribution in [3.8, 4) is 0 Å². The van der Waals surface area contributed by atoms with E-state index in [9.17, 15) is 0 Å². The molecule has 0 saturated carbocycles. The average molecular weight is 227 g/mol. The zero-order valence-electron chi connectivity index (χ0n) is 11.6. The molecule has 1 unspecified atom stereocenters. The van der Waals surface area contributed by atoms with Crippen LogP contribution in [0.5, 0.6) is 0 Å². The molecule has 1 aliphatic rings. The summed E-state index contributed by atoms with van der Waals surface area (Å²) in [5, 5.41) is 3.65. The normalized spacial score (nSPS) is 25.9. The summed E-state index contributed by atoms with van der Waals surface area (Å²) in [7, 11) is 4.30. The second kappa shape index (κ2) is 6.58. The predicted octanol–water partition coefficient (Wildman–Crippen LogP) is 1.40. The smallest absolute Gasteiger partial charge is 0.0280 e. The Hall–Kier alpha value is -0.120. The molecule has 0 bridgehead atoms. The van der Waals surface area contributed by atoms with Crippen LogP contribution in [0.1, 0.15) is 33.1 Å². The number of nitrogens with one attached hydrogen (secondary N) is 1. The summed E-state index contributed by atoms with van der Waals surface area (Å²) in [4.78, 5) is 4.88. The van der Waals surface area contributed by atoms with Crippen molar-refractivity contribution < 1.29 is 0 Å². The van der Waals surface area contributed by atoms with Gasteiger partial charge in [0.2, 0.25) is 0 Å². The van der Waals surface area contributed by atoms with Crippen molar-refractivity contribution in [2.24, 2.45) is 0 Å². The Kier molecular flexibility index (Phi) is 5.73. The molecule has 3 heteroatoms. The molecule has 0 aromatic heterocycles. The molecule has 1 fully saturated rings. The van der Waals surface area contributed by atoms with E-state index >= 15 is 0 Å².